The predicted octanol–water partition coefficient (Wildman–Crippen LogP) is 11.3. The van der Waals surface area contributed by atoms with Gasteiger partial charge in [-0.1, -0.05) is 77.0 Å². The molecule has 0 aromatic carbocycles. The average molecular weight is 551 g/mol. The van der Waals surface area contributed by atoms with Crippen molar-refractivity contribution in [2.45, 2.75) is 165 Å². The maximum atomic E-state index is 2.64. The number of thioether (sulfide) groups is 1. The van der Waals surface area contributed by atoms with Crippen LogP contribution in [0.3, 0.4) is 0 Å². The first-order valence-electron chi connectivity index (χ1n) is 19.0. The minimum absolute atomic E-state index is 1.04. The van der Waals surface area contributed by atoms with Crippen molar-refractivity contribution in [1.29, 1.82) is 0 Å². The summed E-state index contributed by atoms with van der Waals surface area (Å²) in [6.07, 6.45) is 38.2. The highest BCUT2D eigenvalue weighted by Gasteiger charge is 2.52. The third-order valence-corrected chi connectivity index (χ3v) is 17.5. The SMILES string of the molecule is C1CCC2C(C1)CCCC2C1CCC2C(SC3CCCC4C3CCC4C3CCCC4CCCCC43)CCCC21. The Morgan fingerprint density at radius 1 is 0.231 bits per heavy atom. The third-order valence-electron chi connectivity index (χ3n) is 15.6. The zero-order valence-electron chi connectivity index (χ0n) is 25.5. The fraction of sp³-hybridized carbons (Fsp3) is 1.00. The van der Waals surface area contributed by atoms with E-state index in [0.717, 1.165) is 81.5 Å². The van der Waals surface area contributed by atoms with Gasteiger partial charge in [-0.05, 0) is 148 Å². The molecule has 8 aliphatic carbocycles. The first-order chi connectivity index (χ1) is 19.3. The van der Waals surface area contributed by atoms with E-state index < -0.39 is 0 Å². The van der Waals surface area contributed by atoms with Gasteiger partial charge < -0.3 is 0 Å². The van der Waals surface area contributed by atoms with Gasteiger partial charge in [-0.25, -0.2) is 0 Å². The maximum Gasteiger partial charge on any atom is 0.00809 e. The second kappa shape index (κ2) is 11.8. The lowest BCUT2D eigenvalue weighted by Crippen LogP contribution is -2.40. The van der Waals surface area contributed by atoms with Crippen molar-refractivity contribution in [3.63, 3.8) is 0 Å². The van der Waals surface area contributed by atoms with E-state index in [1.165, 1.54) is 0 Å². The van der Waals surface area contributed by atoms with E-state index in [2.05, 4.69) is 11.8 Å². The molecule has 1 heteroatoms. The fourth-order valence-corrected chi connectivity index (χ4v) is 16.4. The molecule has 0 amide bonds. The monoisotopic (exact) mass is 550 g/mol. The molecule has 0 aromatic heterocycles. The summed E-state index contributed by atoms with van der Waals surface area (Å²) in [6, 6.07) is 0. The lowest BCUT2D eigenvalue weighted by atomic mass is 9.59. The molecule has 0 bridgehead atoms. The number of fused-ring (bicyclic) bond motifs is 4. The number of rotatable bonds is 4. The molecule has 0 heterocycles. The van der Waals surface area contributed by atoms with Crippen LogP contribution in [0.5, 0.6) is 0 Å². The van der Waals surface area contributed by atoms with Crippen LogP contribution >= 0.6 is 11.8 Å². The molecule has 220 valence electrons. The molecule has 0 aliphatic heterocycles. The molecule has 0 saturated heterocycles. The van der Waals surface area contributed by atoms with E-state index in [1.54, 1.807) is 154 Å². The second-order valence-electron chi connectivity index (χ2n) is 16.8. The molecular weight excluding hydrogens is 488 g/mol. The molecule has 0 N–H and O–H groups in total. The summed E-state index contributed by atoms with van der Waals surface area (Å²) in [5, 5.41) is 2.08. The smallest absolute Gasteiger partial charge is 0.00809 e. The van der Waals surface area contributed by atoms with Crippen LogP contribution in [-0.4, -0.2) is 10.5 Å². The highest BCUT2D eigenvalue weighted by atomic mass is 32.2. The third kappa shape index (κ3) is 5.03. The Hall–Kier alpha value is 0.350. The van der Waals surface area contributed by atoms with Gasteiger partial charge in [0.1, 0.15) is 0 Å². The molecule has 39 heavy (non-hydrogen) atoms. The molecule has 8 aliphatic rings. The fourth-order valence-electron chi connectivity index (χ4n) is 14.2. The van der Waals surface area contributed by atoms with Crippen molar-refractivity contribution in [3.05, 3.63) is 0 Å². The highest BCUT2D eigenvalue weighted by molar-refractivity contribution is 8.00. The van der Waals surface area contributed by atoms with Crippen LogP contribution in [0.15, 0.2) is 0 Å². The van der Waals surface area contributed by atoms with Gasteiger partial charge >= 0.3 is 0 Å². The Morgan fingerprint density at radius 3 is 1.03 bits per heavy atom. The molecule has 0 spiro atoms. The minimum atomic E-state index is 1.04. The normalized spacial score (nSPS) is 53.8. The van der Waals surface area contributed by atoms with Crippen molar-refractivity contribution in [2.24, 2.45) is 71.0 Å². The zero-order chi connectivity index (χ0) is 25.8. The van der Waals surface area contributed by atoms with Crippen LogP contribution in [-0.2, 0) is 0 Å². The molecule has 0 aromatic rings. The Kier molecular flexibility index (Phi) is 8.15. The van der Waals surface area contributed by atoms with E-state index in [1.807, 2.05) is 0 Å². The van der Waals surface area contributed by atoms with Gasteiger partial charge in [0.2, 0.25) is 0 Å². The Bertz CT molecular complexity index is 750. The highest BCUT2D eigenvalue weighted by Crippen LogP contribution is 2.61. The van der Waals surface area contributed by atoms with Crippen molar-refractivity contribution >= 4 is 11.8 Å². The minimum Gasteiger partial charge on any atom is -0.155 e. The molecule has 0 radical (unpaired) electrons. The van der Waals surface area contributed by atoms with Gasteiger partial charge in [-0.2, -0.15) is 11.8 Å². The van der Waals surface area contributed by atoms with Gasteiger partial charge in [0.15, 0.2) is 0 Å². The van der Waals surface area contributed by atoms with Crippen LogP contribution < -0.4 is 0 Å². The summed E-state index contributed by atoms with van der Waals surface area (Å²) < 4.78 is 0. The van der Waals surface area contributed by atoms with Gasteiger partial charge in [0, 0.05) is 10.5 Å². The zero-order valence-corrected chi connectivity index (χ0v) is 26.3. The van der Waals surface area contributed by atoms with Gasteiger partial charge in [-0.3, -0.25) is 0 Å². The molecule has 8 rings (SSSR count). The van der Waals surface area contributed by atoms with Gasteiger partial charge in [-0.15, -0.1) is 0 Å². The summed E-state index contributed by atoms with van der Waals surface area (Å²) in [7, 11) is 0. The molecule has 0 nitrogen and oxygen atoms in total. The summed E-state index contributed by atoms with van der Waals surface area (Å²) in [5.41, 5.74) is 0. The first kappa shape index (κ1) is 26.9. The molecule has 14 atom stereocenters. The maximum absolute atomic E-state index is 2.64. The molecular formula is C38H62S. The Morgan fingerprint density at radius 2 is 0.538 bits per heavy atom. The van der Waals surface area contributed by atoms with E-state index in [4.69, 9.17) is 0 Å². The Balaban J connectivity index is 0.932. The molecule has 8 fully saturated rings. The number of hydrogen-bond acceptors (Lipinski definition) is 1. The van der Waals surface area contributed by atoms with Crippen LogP contribution in [0.2, 0.25) is 0 Å². The average Bonchev–Trinajstić information content (AvgIpc) is 3.62. The van der Waals surface area contributed by atoms with E-state index in [9.17, 15) is 0 Å². The van der Waals surface area contributed by atoms with Crippen molar-refractivity contribution in [2.75, 3.05) is 0 Å². The Labute approximate surface area is 246 Å². The van der Waals surface area contributed by atoms with Crippen LogP contribution in [0.25, 0.3) is 0 Å². The summed E-state index contributed by atoms with van der Waals surface area (Å²) in [6.45, 7) is 0. The van der Waals surface area contributed by atoms with Crippen molar-refractivity contribution < 1.29 is 0 Å². The van der Waals surface area contributed by atoms with E-state index >= 15 is 0 Å². The van der Waals surface area contributed by atoms with E-state index in [-0.39, 0.29) is 0 Å². The predicted molar refractivity (Wildman–Crippen MR) is 168 cm³/mol. The lowest BCUT2D eigenvalue weighted by Gasteiger charge is -2.48. The van der Waals surface area contributed by atoms with Crippen molar-refractivity contribution in [1.82, 2.24) is 0 Å². The van der Waals surface area contributed by atoms with Crippen molar-refractivity contribution in [3.8, 4) is 0 Å². The lowest BCUT2D eigenvalue weighted by molar-refractivity contribution is 0.0383. The largest absolute Gasteiger partial charge is 0.155 e. The second-order valence-corrected chi connectivity index (χ2v) is 18.3. The summed E-state index contributed by atoms with van der Waals surface area (Å²) >= 11 is 2.64. The summed E-state index contributed by atoms with van der Waals surface area (Å²) in [5.74, 6) is 13.6. The summed E-state index contributed by atoms with van der Waals surface area (Å²) in [4.78, 5) is 0. The van der Waals surface area contributed by atoms with Crippen LogP contribution in [0, 0.1) is 71.0 Å². The molecule has 14 unspecified atom stereocenters. The standard InChI is InChI=1S/C38H62S/c1-3-13-27-25(9-1)11-5-15-29(27)33-21-23-35-31(33)17-7-19-37(35)39-38-20-8-18-32-34(22-24-36(32)38)30-16-6-12-26-10-2-4-14-28(26)30/h25-38H,1-24H2. The van der Waals surface area contributed by atoms with Gasteiger partial charge in [0.05, 0.1) is 0 Å². The van der Waals surface area contributed by atoms with Gasteiger partial charge in [0.25, 0.3) is 0 Å². The first-order valence-corrected chi connectivity index (χ1v) is 19.9. The topological polar surface area (TPSA) is 0 Å². The van der Waals surface area contributed by atoms with E-state index in [0.29, 0.717) is 0 Å². The van der Waals surface area contributed by atoms with Crippen LogP contribution in [0.4, 0.5) is 0 Å². The molecule has 8 saturated carbocycles. The van der Waals surface area contributed by atoms with Crippen LogP contribution in [0.1, 0.15) is 154 Å². The quantitative estimate of drug-likeness (QED) is 0.335. The number of hydrogen-bond donors (Lipinski definition) is 0.